The quantitative estimate of drug-likeness (QED) is 0.736. The number of anilines is 1. The lowest BCUT2D eigenvalue weighted by Gasteiger charge is -2.35. The number of carbonyl (C=O) groups is 1. The maximum absolute atomic E-state index is 13.0. The van der Waals surface area contributed by atoms with Gasteiger partial charge in [0.1, 0.15) is 11.5 Å². The molecule has 0 unspecified atom stereocenters. The Balaban J connectivity index is 1.54. The minimum atomic E-state index is -0.142. The largest absolute Gasteiger partial charge is 0.497 e. The van der Waals surface area contributed by atoms with Gasteiger partial charge in [-0.25, -0.2) is 0 Å². The van der Waals surface area contributed by atoms with Crippen molar-refractivity contribution in [3.8, 4) is 11.5 Å². The molecule has 1 saturated heterocycles. The van der Waals surface area contributed by atoms with Crippen LogP contribution in [0, 0.1) is 0 Å². The molecule has 31 heavy (non-hydrogen) atoms. The third kappa shape index (κ3) is 4.78. The fraction of sp³-hybridized carbons (Fsp3) is 0.458. The Morgan fingerprint density at radius 3 is 2.45 bits per heavy atom. The van der Waals surface area contributed by atoms with Crippen LogP contribution < -0.4 is 19.7 Å². The zero-order valence-corrected chi connectivity index (χ0v) is 18.5. The summed E-state index contributed by atoms with van der Waals surface area (Å²) in [5.41, 5.74) is 4.44. The molecule has 7 heteroatoms. The molecule has 1 atom stereocenters. The molecule has 0 saturated carbocycles. The van der Waals surface area contributed by atoms with E-state index in [0.29, 0.717) is 36.8 Å². The number of amides is 1. The SMILES string of the molecule is COc1cc(OC)cc(C(=O)NC[C@@H](c2ccc3c(c2)CCN3C)N2CCOCC2)c1. The Bertz CT molecular complexity index is 905. The average Bonchev–Trinajstić information content (AvgIpc) is 3.19. The number of carbonyl (C=O) groups excluding carboxylic acids is 1. The highest BCUT2D eigenvalue weighted by Gasteiger charge is 2.25. The highest BCUT2D eigenvalue weighted by molar-refractivity contribution is 5.95. The number of nitrogens with zero attached hydrogens (tertiary/aromatic N) is 2. The molecule has 2 aromatic carbocycles. The van der Waals surface area contributed by atoms with Crippen LogP contribution in [0.2, 0.25) is 0 Å². The summed E-state index contributed by atoms with van der Waals surface area (Å²) in [5.74, 6) is 1.05. The van der Waals surface area contributed by atoms with Gasteiger partial charge in [-0.3, -0.25) is 9.69 Å². The first-order chi connectivity index (χ1) is 15.1. The normalized spacial score (nSPS) is 17.2. The van der Waals surface area contributed by atoms with Crippen molar-refractivity contribution in [1.82, 2.24) is 10.2 Å². The van der Waals surface area contributed by atoms with Crippen molar-refractivity contribution >= 4 is 11.6 Å². The number of likely N-dealkylation sites (N-methyl/N-ethyl adjacent to an activating group) is 1. The van der Waals surface area contributed by atoms with E-state index in [1.54, 1.807) is 32.4 Å². The van der Waals surface area contributed by atoms with Gasteiger partial charge in [0.2, 0.25) is 0 Å². The zero-order valence-electron chi connectivity index (χ0n) is 18.5. The summed E-state index contributed by atoms with van der Waals surface area (Å²) in [6.45, 7) is 4.70. The topological polar surface area (TPSA) is 63.3 Å². The number of hydrogen-bond acceptors (Lipinski definition) is 6. The van der Waals surface area contributed by atoms with E-state index >= 15 is 0 Å². The van der Waals surface area contributed by atoms with E-state index in [0.717, 1.165) is 26.1 Å². The Morgan fingerprint density at radius 1 is 1.06 bits per heavy atom. The number of hydrogen-bond donors (Lipinski definition) is 1. The lowest BCUT2D eigenvalue weighted by Crippen LogP contribution is -2.43. The molecule has 2 aliphatic heterocycles. The number of fused-ring (bicyclic) bond motifs is 1. The third-order valence-electron chi connectivity index (χ3n) is 6.17. The Hall–Kier alpha value is -2.77. The minimum absolute atomic E-state index is 0.0940. The molecule has 0 spiro atoms. The highest BCUT2D eigenvalue weighted by atomic mass is 16.5. The second kappa shape index (κ2) is 9.58. The Labute approximate surface area is 183 Å². The van der Waals surface area contributed by atoms with Gasteiger partial charge in [-0.2, -0.15) is 0 Å². The van der Waals surface area contributed by atoms with E-state index in [4.69, 9.17) is 14.2 Å². The lowest BCUT2D eigenvalue weighted by molar-refractivity contribution is 0.0162. The van der Waals surface area contributed by atoms with E-state index in [1.165, 1.54) is 16.8 Å². The molecule has 0 aliphatic carbocycles. The molecule has 2 aliphatic rings. The van der Waals surface area contributed by atoms with E-state index in [1.807, 2.05) is 0 Å². The zero-order chi connectivity index (χ0) is 21.8. The maximum atomic E-state index is 13.0. The van der Waals surface area contributed by atoms with Crippen molar-refractivity contribution in [2.24, 2.45) is 0 Å². The molecule has 2 heterocycles. The second-order valence-electron chi connectivity index (χ2n) is 8.04. The van der Waals surface area contributed by atoms with Gasteiger partial charge < -0.3 is 24.4 Å². The fourth-order valence-corrected chi connectivity index (χ4v) is 4.37. The van der Waals surface area contributed by atoms with Gasteiger partial charge >= 0.3 is 0 Å². The number of benzene rings is 2. The fourth-order valence-electron chi connectivity index (χ4n) is 4.37. The van der Waals surface area contributed by atoms with E-state index in [9.17, 15) is 4.79 Å². The summed E-state index contributed by atoms with van der Waals surface area (Å²) in [6.07, 6.45) is 1.06. The number of methoxy groups -OCH3 is 2. The predicted octanol–water partition coefficient (Wildman–Crippen LogP) is 2.50. The second-order valence-corrected chi connectivity index (χ2v) is 8.04. The third-order valence-corrected chi connectivity index (χ3v) is 6.17. The first kappa shape index (κ1) is 21.5. The van der Waals surface area contributed by atoms with Crippen molar-refractivity contribution in [3.63, 3.8) is 0 Å². The standard InChI is InChI=1S/C24H31N3O4/c1-26-7-6-18-12-17(4-5-22(18)26)23(27-8-10-31-11-9-27)16-25-24(28)19-13-20(29-2)15-21(14-19)30-3/h4-5,12-15,23H,6-11,16H2,1-3H3,(H,25,28)/t23-/m0/s1. The number of nitrogens with one attached hydrogen (secondary N) is 1. The van der Waals surface area contributed by atoms with Gasteiger partial charge in [-0.05, 0) is 35.7 Å². The van der Waals surface area contributed by atoms with Crippen LogP contribution in [0.3, 0.4) is 0 Å². The van der Waals surface area contributed by atoms with Gasteiger partial charge in [-0.1, -0.05) is 12.1 Å². The van der Waals surface area contributed by atoms with Crippen LogP contribution in [0.1, 0.15) is 27.5 Å². The molecule has 0 aromatic heterocycles. The Kier molecular flexibility index (Phi) is 6.63. The van der Waals surface area contributed by atoms with E-state index in [2.05, 4.69) is 40.4 Å². The monoisotopic (exact) mass is 425 g/mol. The number of rotatable bonds is 7. The summed E-state index contributed by atoms with van der Waals surface area (Å²) in [6, 6.07) is 12.0. The smallest absolute Gasteiger partial charge is 0.251 e. The van der Waals surface area contributed by atoms with Crippen LogP contribution in [0.4, 0.5) is 5.69 Å². The van der Waals surface area contributed by atoms with Crippen LogP contribution in [-0.4, -0.2) is 71.5 Å². The van der Waals surface area contributed by atoms with Crippen molar-refractivity contribution in [2.45, 2.75) is 12.5 Å². The van der Waals surface area contributed by atoms with Crippen LogP contribution in [0.5, 0.6) is 11.5 Å². The molecule has 4 rings (SSSR count). The first-order valence-corrected chi connectivity index (χ1v) is 10.8. The molecule has 2 aromatic rings. The minimum Gasteiger partial charge on any atom is -0.497 e. The molecular formula is C24H31N3O4. The van der Waals surface area contributed by atoms with Crippen LogP contribution in [0.15, 0.2) is 36.4 Å². The molecule has 0 radical (unpaired) electrons. The summed E-state index contributed by atoms with van der Waals surface area (Å²) >= 11 is 0. The Morgan fingerprint density at radius 2 is 1.77 bits per heavy atom. The number of ether oxygens (including phenoxy) is 3. The van der Waals surface area contributed by atoms with Gasteiger partial charge in [-0.15, -0.1) is 0 Å². The number of morpholine rings is 1. The molecule has 1 fully saturated rings. The van der Waals surface area contributed by atoms with Crippen molar-refractivity contribution in [2.75, 3.05) is 65.6 Å². The maximum Gasteiger partial charge on any atom is 0.251 e. The summed E-state index contributed by atoms with van der Waals surface area (Å²) in [5, 5.41) is 3.13. The molecular weight excluding hydrogens is 394 g/mol. The first-order valence-electron chi connectivity index (χ1n) is 10.8. The molecule has 1 amide bonds. The summed E-state index contributed by atoms with van der Waals surface area (Å²) < 4.78 is 16.2. The summed E-state index contributed by atoms with van der Waals surface area (Å²) in [4.78, 5) is 17.6. The van der Waals surface area contributed by atoms with Crippen molar-refractivity contribution in [1.29, 1.82) is 0 Å². The summed E-state index contributed by atoms with van der Waals surface area (Å²) in [7, 11) is 5.29. The van der Waals surface area contributed by atoms with Crippen LogP contribution >= 0.6 is 0 Å². The highest BCUT2D eigenvalue weighted by Crippen LogP contribution is 2.31. The van der Waals surface area contributed by atoms with Crippen LogP contribution in [-0.2, 0) is 11.2 Å². The van der Waals surface area contributed by atoms with Gasteiger partial charge in [0.05, 0.1) is 33.5 Å². The van der Waals surface area contributed by atoms with Crippen molar-refractivity contribution in [3.05, 3.63) is 53.1 Å². The van der Waals surface area contributed by atoms with Gasteiger partial charge in [0.15, 0.2) is 0 Å². The molecule has 1 N–H and O–H groups in total. The van der Waals surface area contributed by atoms with E-state index in [-0.39, 0.29) is 11.9 Å². The van der Waals surface area contributed by atoms with E-state index < -0.39 is 0 Å². The average molecular weight is 426 g/mol. The molecule has 7 nitrogen and oxygen atoms in total. The van der Waals surface area contributed by atoms with Gasteiger partial charge in [0, 0.05) is 50.5 Å². The molecule has 0 bridgehead atoms. The van der Waals surface area contributed by atoms with Gasteiger partial charge in [0.25, 0.3) is 5.91 Å². The lowest BCUT2D eigenvalue weighted by atomic mass is 10.00. The van der Waals surface area contributed by atoms with Crippen LogP contribution in [0.25, 0.3) is 0 Å². The predicted molar refractivity (Wildman–Crippen MR) is 120 cm³/mol. The molecule has 166 valence electrons. The van der Waals surface area contributed by atoms with Crippen molar-refractivity contribution < 1.29 is 19.0 Å².